The van der Waals surface area contributed by atoms with Gasteiger partial charge in [-0.3, -0.25) is 4.79 Å². The van der Waals surface area contributed by atoms with Crippen LogP contribution in [0.2, 0.25) is 5.02 Å². The summed E-state index contributed by atoms with van der Waals surface area (Å²) in [5, 5.41) is 9.30. The summed E-state index contributed by atoms with van der Waals surface area (Å²) in [7, 11) is 0. The molecule has 4 rings (SSSR count). The maximum Gasteiger partial charge on any atom is 0.323 e. The molecule has 1 aliphatic heterocycles. The Labute approximate surface area is 205 Å². The van der Waals surface area contributed by atoms with E-state index < -0.39 is 6.03 Å². The van der Waals surface area contributed by atoms with Crippen molar-refractivity contribution >= 4 is 40.6 Å². The maximum absolute atomic E-state index is 13.3. The number of anilines is 3. The van der Waals surface area contributed by atoms with Crippen molar-refractivity contribution in [1.29, 1.82) is 0 Å². The highest BCUT2D eigenvalue weighted by atomic mass is 35.5. The molecule has 1 fully saturated rings. The van der Waals surface area contributed by atoms with Gasteiger partial charge in [0.05, 0.1) is 11.6 Å². The van der Waals surface area contributed by atoms with Crippen molar-refractivity contribution in [2.75, 3.05) is 28.6 Å². The number of nitrogens with one attached hydrogen (secondary N) is 3. The minimum absolute atomic E-state index is 0.147. The smallest absolute Gasteiger partial charge is 0.323 e. The van der Waals surface area contributed by atoms with Gasteiger partial charge in [-0.1, -0.05) is 48.0 Å². The van der Waals surface area contributed by atoms with Crippen LogP contribution in [0.25, 0.3) is 0 Å². The Bertz CT molecular complexity index is 1180. The molecule has 0 aliphatic carbocycles. The highest BCUT2D eigenvalue weighted by Crippen LogP contribution is 2.28. The third kappa shape index (κ3) is 5.69. The number of amides is 3. The molecule has 6 nitrogen and oxygen atoms in total. The first-order chi connectivity index (χ1) is 16.4. The van der Waals surface area contributed by atoms with E-state index in [-0.39, 0.29) is 11.9 Å². The van der Waals surface area contributed by atoms with Crippen LogP contribution in [0.3, 0.4) is 0 Å². The van der Waals surface area contributed by atoms with Crippen LogP contribution in [0.15, 0.2) is 66.7 Å². The number of urea groups is 1. The van der Waals surface area contributed by atoms with E-state index in [2.05, 4.69) is 20.9 Å². The van der Waals surface area contributed by atoms with Gasteiger partial charge in [0, 0.05) is 35.2 Å². The number of hydrogen-bond acceptors (Lipinski definition) is 3. The van der Waals surface area contributed by atoms with Crippen LogP contribution < -0.4 is 20.9 Å². The highest BCUT2D eigenvalue weighted by molar-refractivity contribution is 6.31. The number of benzene rings is 3. The van der Waals surface area contributed by atoms with Gasteiger partial charge >= 0.3 is 6.03 Å². The van der Waals surface area contributed by atoms with E-state index in [1.807, 2.05) is 62.4 Å². The fraction of sp³-hybridized carbons (Fsp3) is 0.259. The molecule has 3 aromatic carbocycles. The lowest BCUT2D eigenvalue weighted by atomic mass is 10.1. The molecule has 1 aliphatic rings. The second-order valence-corrected chi connectivity index (χ2v) is 8.98. The maximum atomic E-state index is 13.3. The second kappa shape index (κ2) is 10.6. The van der Waals surface area contributed by atoms with Crippen molar-refractivity contribution < 1.29 is 9.59 Å². The van der Waals surface area contributed by atoms with Crippen LogP contribution in [0.5, 0.6) is 0 Å². The number of halogens is 1. The van der Waals surface area contributed by atoms with Crippen LogP contribution in [0, 0.1) is 6.92 Å². The van der Waals surface area contributed by atoms with Gasteiger partial charge in [-0.2, -0.15) is 0 Å². The Hall–Kier alpha value is -3.51. The summed E-state index contributed by atoms with van der Waals surface area (Å²) >= 11 is 6.16. The molecule has 0 radical (unpaired) electrons. The predicted molar refractivity (Wildman–Crippen MR) is 139 cm³/mol. The van der Waals surface area contributed by atoms with Gasteiger partial charge < -0.3 is 20.9 Å². The molecule has 0 aromatic heterocycles. The minimum atomic E-state index is -0.405. The van der Waals surface area contributed by atoms with Crippen LogP contribution in [-0.4, -0.2) is 25.0 Å². The SMILES string of the molecule is Cc1ccc(NC(=O)Nc2ccc(N3CCCC3)c(C(=O)NC(C)c3ccccc3)c2)cc1Cl. The Morgan fingerprint density at radius 2 is 1.56 bits per heavy atom. The third-order valence-electron chi connectivity index (χ3n) is 6.02. The summed E-state index contributed by atoms with van der Waals surface area (Å²) in [6, 6.07) is 20.1. The first-order valence-corrected chi connectivity index (χ1v) is 11.9. The molecular formula is C27H29ClN4O2. The normalized spacial score (nSPS) is 13.9. The molecule has 176 valence electrons. The molecular weight excluding hydrogens is 448 g/mol. The summed E-state index contributed by atoms with van der Waals surface area (Å²) in [4.78, 5) is 28.1. The third-order valence-corrected chi connectivity index (χ3v) is 6.43. The van der Waals surface area contributed by atoms with Crippen molar-refractivity contribution in [3.05, 3.63) is 88.4 Å². The Balaban J connectivity index is 1.53. The van der Waals surface area contributed by atoms with Gasteiger partial charge in [-0.15, -0.1) is 0 Å². The molecule has 7 heteroatoms. The van der Waals surface area contributed by atoms with Crippen LogP contribution in [-0.2, 0) is 0 Å². The van der Waals surface area contributed by atoms with E-state index in [1.54, 1.807) is 18.2 Å². The average Bonchev–Trinajstić information content (AvgIpc) is 3.37. The lowest BCUT2D eigenvalue weighted by Crippen LogP contribution is -2.30. The van der Waals surface area contributed by atoms with Crippen molar-refractivity contribution in [2.24, 2.45) is 0 Å². The molecule has 34 heavy (non-hydrogen) atoms. The number of nitrogens with zero attached hydrogens (tertiary/aromatic N) is 1. The summed E-state index contributed by atoms with van der Waals surface area (Å²) < 4.78 is 0. The van der Waals surface area contributed by atoms with Gasteiger partial charge in [-0.25, -0.2) is 4.79 Å². The number of hydrogen-bond donors (Lipinski definition) is 3. The Kier molecular flexibility index (Phi) is 7.38. The zero-order valence-electron chi connectivity index (χ0n) is 19.4. The highest BCUT2D eigenvalue weighted by Gasteiger charge is 2.22. The van der Waals surface area contributed by atoms with E-state index >= 15 is 0 Å². The van der Waals surface area contributed by atoms with E-state index in [9.17, 15) is 9.59 Å². The molecule has 3 N–H and O–H groups in total. The molecule has 0 spiro atoms. The second-order valence-electron chi connectivity index (χ2n) is 8.58. The molecule has 3 aromatic rings. The first-order valence-electron chi connectivity index (χ1n) is 11.5. The number of rotatable bonds is 6. The van der Waals surface area contributed by atoms with E-state index in [4.69, 9.17) is 11.6 Å². The Morgan fingerprint density at radius 1 is 0.912 bits per heavy atom. The summed E-state index contributed by atoms with van der Waals surface area (Å²) in [6.07, 6.45) is 2.20. The number of carbonyl (C=O) groups excluding carboxylic acids is 2. The van der Waals surface area contributed by atoms with Crippen molar-refractivity contribution in [3.63, 3.8) is 0 Å². The molecule has 0 saturated carbocycles. The Morgan fingerprint density at radius 3 is 2.24 bits per heavy atom. The lowest BCUT2D eigenvalue weighted by Gasteiger charge is -2.23. The quantitative estimate of drug-likeness (QED) is 0.386. The fourth-order valence-corrected chi connectivity index (χ4v) is 4.27. The fourth-order valence-electron chi connectivity index (χ4n) is 4.09. The summed E-state index contributed by atoms with van der Waals surface area (Å²) in [5.41, 5.74) is 4.52. The topological polar surface area (TPSA) is 73.5 Å². The van der Waals surface area contributed by atoms with Crippen LogP contribution >= 0.6 is 11.6 Å². The molecule has 1 unspecified atom stereocenters. The van der Waals surface area contributed by atoms with Crippen molar-refractivity contribution in [1.82, 2.24) is 5.32 Å². The van der Waals surface area contributed by atoms with Gasteiger partial charge in [0.25, 0.3) is 5.91 Å². The molecule has 3 amide bonds. The van der Waals surface area contributed by atoms with E-state index in [0.29, 0.717) is 22.0 Å². The summed E-state index contributed by atoms with van der Waals surface area (Å²) in [6.45, 7) is 5.69. The predicted octanol–water partition coefficient (Wildman–Crippen LogP) is 6.38. The standard InChI is InChI=1S/C27H29ClN4O2/c1-18-10-11-22(17-24(18)28)31-27(34)30-21-12-13-25(32-14-6-7-15-32)23(16-21)26(33)29-19(2)20-8-4-3-5-9-20/h3-5,8-13,16-17,19H,6-7,14-15H2,1-2H3,(H,29,33)(H2,30,31,34). The number of aryl methyl sites for hydroxylation is 1. The van der Waals surface area contributed by atoms with Gasteiger partial charge in [0.15, 0.2) is 0 Å². The molecule has 1 heterocycles. The minimum Gasteiger partial charge on any atom is -0.371 e. The molecule has 0 bridgehead atoms. The van der Waals surface area contributed by atoms with Gasteiger partial charge in [-0.05, 0) is 68.1 Å². The largest absolute Gasteiger partial charge is 0.371 e. The van der Waals surface area contributed by atoms with Crippen LogP contribution in [0.1, 0.15) is 47.3 Å². The van der Waals surface area contributed by atoms with Crippen LogP contribution in [0.4, 0.5) is 21.9 Å². The molecule has 1 saturated heterocycles. The lowest BCUT2D eigenvalue weighted by molar-refractivity contribution is 0.0940. The average molecular weight is 477 g/mol. The first kappa shape index (κ1) is 23.6. The number of carbonyl (C=O) groups is 2. The zero-order valence-corrected chi connectivity index (χ0v) is 20.2. The molecule has 1 atom stereocenters. The van der Waals surface area contributed by atoms with E-state index in [0.717, 1.165) is 42.7 Å². The summed E-state index contributed by atoms with van der Waals surface area (Å²) in [5.74, 6) is -0.173. The van der Waals surface area contributed by atoms with Gasteiger partial charge in [0.2, 0.25) is 0 Å². The zero-order chi connectivity index (χ0) is 24.1. The van der Waals surface area contributed by atoms with Crippen molar-refractivity contribution in [3.8, 4) is 0 Å². The monoisotopic (exact) mass is 476 g/mol. The van der Waals surface area contributed by atoms with Gasteiger partial charge in [0.1, 0.15) is 0 Å². The van der Waals surface area contributed by atoms with E-state index in [1.165, 1.54) is 0 Å². The van der Waals surface area contributed by atoms with Crippen molar-refractivity contribution in [2.45, 2.75) is 32.7 Å².